The van der Waals surface area contributed by atoms with Crippen molar-refractivity contribution in [2.75, 3.05) is 4.90 Å². The molecule has 3 nitrogen and oxygen atoms in total. The Balaban J connectivity index is 0.785. The summed E-state index contributed by atoms with van der Waals surface area (Å²) in [4.78, 5) is 2.36. The van der Waals surface area contributed by atoms with E-state index in [0.29, 0.717) is 61.9 Å². The van der Waals surface area contributed by atoms with Gasteiger partial charge in [-0.1, -0.05) is 268 Å². The van der Waals surface area contributed by atoms with Crippen LogP contribution in [0.25, 0.3) is 62.2 Å². The molecule has 0 heterocycles. The molecule has 4 atom stereocenters. The van der Waals surface area contributed by atoms with Crippen LogP contribution in [0.2, 0.25) is 0 Å². The Kier molecular flexibility index (Phi) is 17.1. The molecule has 4 unspecified atom stereocenters. The number of allylic oxidation sites excluding steroid dienone is 1. The van der Waals surface area contributed by atoms with Gasteiger partial charge in [-0.05, 0) is 287 Å². The Morgan fingerprint density at radius 1 is 0.308 bits per heavy atom. The Morgan fingerprint density at radius 2 is 0.650 bits per heavy atom. The average molecular weight is 1520 g/mol. The highest BCUT2D eigenvalue weighted by molar-refractivity contribution is 5.98. The summed E-state index contributed by atoms with van der Waals surface area (Å²) in [5.41, 5.74) is 24.9. The highest BCUT2D eigenvalue weighted by atomic mass is 19.1. The van der Waals surface area contributed by atoms with Crippen LogP contribution in [0.3, 0.4) is 0 Å². The molecule has 0 amide bonds. The molecular formula is C110H77F4NO2. The van der Waals surface area contributed by atoms with Gasteiger partial charge in [-0.2, -0.15) is 0 Å². The maximum Gasteiger partial charge on any atom is 0.130 e. The minimum atomic E-state index is -1.54. The second-order valence-electron chi connectivity index (χ2n) is 31.4. The lowest BCUT2D eigenvalue weighted by Crippen LogP contribution is -2.31. The quantitative estimate of drug-likeness (QED) is 0.0670. The molecular weight excluding hydrogens is 1440 g/mol. The van der Waals surface area contributed by atoms with Crippen molar-refractivity contribution >= 4 is 34.8 Å². The summed E-state index contributed by atoms with van der Waals surface area (Å²) in [6.07, 6.45) is 3.58. The maximum atomic E-state index is 18.2. The van der Waals surface area contributed by atoms with Gasteiger partial charge in [0, 0.05) is 34.1 Å². The van der Waals surface area contributed by atoms with Gasteiger partial charge in [0.2, 0.25) is 0 Å². The first-order valence-electron chi connectivity index (χ1n) is 39.6. The van der Waals surface area contributed by atoms with Gasteiger partial charge in [-0.25, -0.2) is 17.6 Å². The monoisotopic (exact) mass is 1520 g/mol. The van der Waals surface area contributed by atoms with Crippen molar-refractivity contribution in [3.05, 3.63) is 500 Å². The molecule has 0 saturated carbocycles. The minimum absolute atomic E-state index is 0.111. The smallest absolute Gasteiger partial charge is 0.130 e. The summed E-state index contributed by atoms with van der Waals surface area (Å²) >= 11 is 0. The Morgan fingerprint density at radius 3 is 1.09 bits per heavy atom. The van der Waals surface area contributed by atoms with Gasteiger partial charge in [0.05, 0.1) is 16.2 Å². The normalized spacial score (nSPS) is 16.2. The molecule has 0 aliphatic heterocycles. The highest BCUT2D eigenvalue weighted by Gasteiger charge is 2.54. The number of rotatable bonds is 17. The lowest BCUT2D eigenvalue weighted by atomic mass is 9.65. The lowest BCUT2D eigenvalue weighted by molar-refractivity contribution is 0.481. The van der Waals surface area contributed by atoms with Crippen LogP contribution in [0.15, 0.2) is 359 Å². The van der Waals surface area contributed by atoms with Gasteiger partial charge in [0.15, 0.2) is 0 Å². The number of halogens is 4. The van der Waals surface area contributed by atoms with Crippen molar-refractivity contribution in [1.29, 1.82) is 0 Å². The van der Waals surface area contributed by atoms with Crippen molar-refractivity contribution < 1.29 is 27.0 Å². The number of ether oxygens (including phenoxy) is 2. The van der Waals surface area contributed by atoms with E-state index in [1.165, 1.54) is 18.2 Å². The van der Waals surface area contributed by atoms with Crippen LogP contribution >= 0.6 is 0 Å². The predicted molar refractivity (Wildman–Crippen MR) is 468 cm³/mol. The van der Waals surface area contributed by atoms with Gasteiger partial charge in [-0.15, -0.1) is 0 Å². The van der Waals surface area contributed by atoms with Crippen LogP contribution in [0.4, 0.5) is 34.6 Å². The largest absolute Gasteiger partial charge is 0.457 e. The van der Waals surface area contributed by atoms with Crippen molar-refractivity contribution in [1.82, 2.24) is 0 Å². The standard InChI is InChI=1S/C110H77F4NO2/c1-8-70-34-48-80(49-35-70)116-82-52-41-75(42-53-82)108(106-84(66(3)4)24-18-29-101(106)111)93-25-14-10-21-86(93)91-58-46-78(64-99(91)108)115(77-45-33-67(5)69(7)60-77)79-47-59-92-88-23-13-17-28-96(88)110(100(92)65-79)95-27-16-12-22-87(95)90-57-40-73(62-98(90)110)105(74-38-32-68(6)104(114)63-74)72-39-56-89-85-20-11-15-26-94(85)109(97(89)61-72,107-102(112)30-19-31-103(107)113)76-43-54-83(55-44-76)117-81-50-36-71(9-2)37-51-81/h8-65,105H,1-3H2,4-7H3. The summed E-state index contributed by atoms with van der Waals surface area (Å²) in [5.74, 6) is -0.280. The summed E-state index contributed by atoms with van der Waals surface area (Å²) in [5, 5.41) is 0. The molecule has 4 aliphatic rings. The van der Waals surface area contributed by atoms with Crippen LogP contribution in [0.5, 0.6) is 23.0 Å². The van der Waals surface area contributed by atoms with E-state index in [-0.39, 0.29) is 17.2 Å². The molecule has 20 rings (SSSR count). The number of fused-ring (bicyclic) bond motifs is 16. The first-order valence-corrected chi connectivity index (χ1v) is 39.6. The van der Waals surface area contributed by atoms with Gasteiger partial charge in [-0.3, -0.25) is 0 Å². The number of hydrogen-bond donors (Lipinski definition) is 0. The first kappa shape index (κ1) is 71.9. The van der Waals surface area contributed by atoms with Crippen LogP contribution in [0, 0.1) is 44.0 Å². The third-order valence-corrected chi connectivity index (χ3v) is 25.1. The third-order valence-electron chi connectivity index (χ3n) is 25.1. The molecule has 1 spiro atoms. The predicted octanol–water partition coefficient (Wildman–Crippen LogP) is 28.8. The van der Waals surface area contributed by atoms with E-state index in [4.69, 9.17) is 9.47 Å². The molecule has 0 saturated heterocycles. The number of anilines is 3. The zero-order valence-electron chi connectivity index (χ0n) is 65.0. The summed E-state index contributed by atoms with van der Waals surface area (Å²) in [6, 6.07) is 113. The van der Waals surface area contributed by atoms with Gasteiger partial charge < -0.3 is 14.4 Å². The summed E-state index contributed by atoms with van der Waals surface area (Å²) in [7, 11) is 0. The van der Waals surface area contributed by atoms with E-state index in [1.54, 1.807) is 37.3 Å². The van der Waals surface area contributed by atoms with E-state index in [1.807, 2.05) is 134 Å². The van der Waals surface area contributed by atoms with E-state index >= 15 is 17.6 Å². The van der Waals surface area contributed by atoms with Crippen molar-refractivity contribution in [2.24, 2.45) is 0 Å². The molecule has 562 valence electrons. The van der Waals surface area contributed by atoms with Crippen molar-refractivity contribution in [2.45, 2.75) is 49.9 Å². The molecule has 16 aromatic carbocycles. The topological polar surface area (TPSA) is 21.7 Å². The third kappa shape index (κ3) is 11.0. The Hall–Kier alpha value is -14.1. The molecule has 0 radical (unpaired) electrons. The molecule has 0 fully saturated rings. The molecule has 117 heavy (non-hydrogen) atoms. The van der Waals surface area contributed by atoms with Crippen LogP contribution in [0.1, 0.15) is 130 Å². The fourth-order valence-electron chi connectivity index (χ4n) is 19.8. The second-order valence-corrected chi connectivity index (χ2v) is 31.4. The van der Waals surface area contributed by atoms with E-state index in [0.717, 1.165) is 139 Å². The minimum Gasteiger partial charge on any atom is -0.457 e. The lowest BCUT2D eigenvalue weighted by Gasteiger charge is -2.37. The molecule has 0 N–H and O–H groups in total. The molecule has 0 aromatic heterocycles. The maximum absolute atomic E-state index is 18.2. The van der Waals surface area contributed by atoms with Gasteiger partial charge in [0.25, 0.3) is 0 Å². The fraction of sp³-hybridized carbons (Fsp3) is 0.0727. The SMILES string of the molecule is C=Cc1ccc(Oc2ccc(C3(c4c(F)cccc4F)c4ccccc4-c4ccc(C(c5ccc(C)c(F)c5)c5ccc6c(c5)C5(c7ccccc7-6)c6ccccc6-c6ccc(N(c7ccc(C)c(C)c7)c7ccc8c(c7)C(c7ccc(Oc9ccc(C=C)cc9)cc7)(c7c(F)cccc7C(=C)C)c7ccccc7-8)cc65)cc43)cc2)cc1. The van der Waals surface area contributed by atoms with Crippen molar-refractivity contribution in [3.8, 4) is 67.5 Å². The highest BCUT2D eigenvalue weighted by Crippen LogP contribution is 2.66. The van der Waals surface area contributed by atoms with Gasteiger partial charge in [0.1, 0.15) is 46.3 Å². The van der Waals surface area contributed by atoms with Gasteiger partial charge >= 0.3 is 0 Å². The van der Waals surface area contributed by atoms with E-state index < -0.39 is 33.8 Å². The van der Waals surface area contributed by atoms with Crippen LogP contribution in [-0.2, 0) is 16.2 Å². The van der Waals surface area contributed by atoms with Crippen molar-refractivity contribution in [3.63, 3.8) is 0 Å². The zero-order valence-corrected chi connectivity index (χ0v) is 65.0. The number of nitrogens with zero attached hydrogens (tertiary/aromatic N) is 1. The fourth-order valence-corrected chi connectivity index (χ4v) is 19.8. The average Bonchev–Trinajstić information content (AvgIpc) is 1.51. The Bertz CT molecular complexity index is 6780. The van der Waals surface area contributed by atoms with E-state index in [9.17, 15) is 0 Å². The summed E-state index contributed by atoms with van der Waals surface area (Å²) < 4.78 is 83.3. The van der Waals surface area contributed by atoms with Crippen LogP contribution in [-0.4, -0.2) is 0 Å². The molecule has 4 aliphatic carbocycles. The number of aryl methyl sites for hydroxylation is 3. The zero-order chi connectivity index (χ0) is 79.8. The molecule has 0 bridgehead atoms. The number of benzene rings is 16. The summed E-state index contributed by atoms with van der Waals surface area (Å²) in [6.45, 7) is 20.4. The van der Waals surface area contributed by atoms with Crippen LogP contribution < -0.4 is 14.4 Å². The van der Waals surface area contributed by atoms with E-state index in [2.05, 4.69) is 214 Å². The number of hydrogen-bond acceptors (Lipinski definition) is 3. The Labute approximate surface area is 679 Å². The molecule has 7 heteroatoms. The second kappa shape index (κ2) is 27.9. The first-order chi connectivity index (χ1) is 57.1. The molecule has 16 aromatic rings.